The Balaban J connectivity index is 0.975. The highest BCUT2D eigenvalue weighted by molar-refractivity contribution is 6.32. The van der Waals surface area contributed by atoms with E-state index in [2.05, 4.69) is 64.4 Å². The highest BCUT2D eigenvalue weighted by atomic mass is 35.5. The SMILES string of the molecule is Cc1c(COc2cc(OCc3cncc(C#N)c3)c(CNCC3CCCO3)cc2Cl)cccc1-c1cccc(COc2cc(OCc3cncc(C#N)c3)c(CN(CCCCCC(CCO)C(=O)O)CC3CCCO3)cc2Cl)c1C. The first-order chi connectivity index (χ1) is 39.0. The van der Waals surface area contributed by atoms with Crippen LogP contribution in [0.5, 0.6) is 23.0 Å². The molecule has 2 saturated heterocycles. The molecule has 0 saturated carbocycles. The van der Waals surface area contributed by atoms with Crippen LogP contribution in [0.3, 0.4) is 0 Å². The van der Waals surface area contributed by atoms with E-state index in [0.29, 0.717) is 76.8 Å². The molecule has 0 amide bonds. The van der Waals surface area contributed by atoms with Crippen LogP contribution in [-0.2, 0) is 53.8 Å². The molecule has 15 nitrogen and oxygen atoms in total. The van der Waals surface area contributed by atoms with Crippen LogP contribution in [0.15, 0.2) is 97.6 Å². The number of nitriles is 2. The summed E-state index contributed by atoms with van der Waals surface area (Å²) in [7, 11) is 0. The average molecular weight is 1130 g/mol. The number of aromatic nitrogens is 2. The molecule has 2 fully saturated rings. The monoisotopic (exact) mass is 1120 g/mol. The molecule has 0 bridgehead atoms. The van der Waals surface area contributed by atoms with Gasteiger partial charge in [0.1, 0.15) is 61.6 Å². The number of rotatable bonds is 30. The van der Waals surface area contributed by atoms with Crippen molar-refractivity contribution in [1.29, 1.82) is 10.5 Å². The second kappa shape index (κ2) is 30.1. The van der Waals surface area contributed by atoms with Gasteiger partial charge in [-0.2, -0.15) is 10.5 Å². The van der Waals surface area contributed by atoms with E-state index in [0.717, 1.165) is 120 Å². The Morgan fingerprint density at radius 1 is 0.700 bits per heavy atom. The topological polar surface area (TPSA) is 202 Å². The predicted molar refractivity (Wildman–Crippen MR) is 306 cm³/mol. The van der Waals surface area contributed by atoms with Crippen molar-refractivity contribution in [1.82, 2.24) is 20.2 Å². The molecule has 420 valence electrons. The minimum atomic E-state index is -0.868. The van der Waals surface area contributed by atoms with Gasteiger partial charge in [-0.25, -0.2) is 0 Å². The van der Waals surface area contributed by atoms with Crippen LogP contribution in [0.2, 0.25) is 10.0 Å². The van der Waals surface area contributed by atoms with Gasteiger partial charge in [0, 0.05) is 105 Å². The highest BCUT2D eigenvalue weighted by Gasteiger charge is 2.24. The van der Waals surface area contributed by atoms with Crippen molar-refractivity contribution in [3.05, 3.63) is 163 Å². The number of halogens is 2. The van der Waals surface area contributed by atoms with E-state index < -0.39 is 11.9 Å². The quantitative estimate of drug-likeness (QED) is 0.0359. The number of hydrogen-bond donors (Lipinski definition) is 3. The maximum Gasteiger partial charge on any atom is 0.306 e. The molecule has 17 heteroatoms. The summed E-state index contributed by atoms with van der Waals surface area (Å²) >= 11 is 14.1. The number of ether oxygens (including phenoxy) is 6. The summed E-state index contributed by atoms with van der Waals surface area (Å²) < 4.78 is 37.9. The lowest BCUT2D eigenvalue weighted by molar-refractivity contribution is -0.142. The number of nitrogens with zero attached hydrogens (tertiary/aromatic N) is 5. The Morgan fingerprint density at radius 2 is 1.25 bits per heavy atom. The zero-order valence-electron chi connectivity index (χ0n) is 45.6. The largest absolute Gasteiger partial charge is 0.488 e. The maximum atomic E-state index is 11.7. The van der Waals surface area contributed by atoms with Crippen molar-refractivity contribution in [2.75, 3.05) is 39.5 Å². The molecule has 0 radical (unpaired) electrons. The number of carboxylic acids is 1. The molecule has 3 unspecified atom stereocenters. The molecule has 4 aromatic carbocycles. The van der Waals surface area contributed by atoms with E-state index in [9.17, 15) is 25.5 Å². The second-order valence-corrected chi connectivity index (χ2v) is 21.3. The summed E-state index contributed by atoms with van der Waals surface area (Å²) in [5.41, 5.74) is 10.3. The Hall–Kier alpha value is -6.79. The van der Waals surface area contributed by atoms with Gasteiger partial charge in [-0.05, 0) is 123 Å². The van der Waals surface area contributed by atoms with Gasteiger partial charge in [-0.3, -0.25) is 19.7 Å². The van der Waals surface area contributed by atoms with Crippen molar-refractivity contribution in [3.63, 3.8) is 0 Å². The smallest absolute Gasteiger partial charge is 0.306 e. The summed E-state index contributed by atoms with van der Waals surface area (Å²) in [4.78, 5) is 22.5. The minimum absolute atomic E-state index is 0.0922. The van der Waals surface area contributed by atoms with Crippen molar-refractivity contribution in [3.8, 4) is 46.3 Å². The lowest BCUT2D eigenvalue weighted by Gasteiger charge is -2.27. The van der Waals surface area contributed by atoms with Gasteiger partial charge in [0.2, 0.25) is 0 Å². The zero-order valence-corrected chi connectivity index (χ0v) is 47.1. The summed E-state index contributed by atoms with van der Waals surface area (Å²) in [6, 6.07) is 27.6. The average Bonchev–Trinajstić information content (AvgIpc) is 4.23. The summed E-state index contributed by atoms with van der Waals surface area (Å²) in [6.07, 6.45) is 13.9. The third-order valence-electron chi connectivity index (χ3n) is 14.8. The minimum Gasteiger partial charge on any atom is -0.488 e. The fraction of sp³-hybridized carbons (Fsp3) is 0.413. The van der Waals surface area contributed by atoms with Gasteiger partial charge >= 0.3 is 5.97 Å². The first-order valence-corrected chi connectivity index (χ1v) is 28.2. The molecule has 2 aliphatic heterocycles. The van der Waals surface area contributed by atoms with Gasteiger partial charge in [0.05, 0.1) is 39.3 Å². The molecule has 6 aromatic rings. The summed E-state index contributed by atoms with van der Waals surface area (Å²) in [5, 5.41) is 42.3. The number of hydrogen-bond acceptors (Lipinski definition) is 14. The van der Waals surface area contributed by atoms with E-state index in [-0.39, 0.29) is 51.7 Å². The molecule has 3 N–H and O–H groups in total. The Kier molecular flexibility index (Phi) is 22.4. The Labute approximate surface area is 479 Å². The molecule has 80 heavy (non-hydrogen) atoms. The molecular formula is C63H70Cl2N6O9. The summed E-state index contributed by atoms with van der Waals surface area (Å²) in [5.74, 6) is 0.704. The highest BCUT2D eigenvalue weighted by Crippen LogP contribution is 2.38. The predicted octanol–water partition coefficient (Wildman–Crippen LogP) is 12.0. The van der Waals surface area contributed by atoms with E-state index in [4.69, 9.17) is 51.6 Å². The van der Waals surface area contributed by atoms with Crippen molar-refractivity contribution in [2.45, 2.75) is 123 Å². The molecule has 4 heterocycles. The molecule has 0 aliphatic carbocycles. The summed E-state index contributed by atoms with van der Waals surface area (Å²) in [6.45, 7) is 9.58. The van der Waals surface area contributed by atoms with Crippen LogP contribution < -0.4 is 24.3 Å². The fourth-order valence-corrected chi connectivity index (χ4v) is 10.7. The molecule has 2 aliphatic rings. The Bertz CT molecular complexity index is 3120. The van der Waals surface area contributed by atoms with E-state index >= 15 is 0 Å². The number of carboxylic acid groups (broad SMARTS) is 1. The number of carbonyl (C=O) groups is 1. The van der Waals surface area contributed by atoms with Crippen LogP contribution in [0, 0.1) is 42.4 Å². The normalized spacial score (nSPS) is 15.3. The molecule has 0 spiro atoms. The molecule has 3 atom stereocenters. The first-order valence-electron chi connectivity index (χ1n) is 27.5. The maximum absolute atomic E-state index is 11.7. The van der Waals surface area contributed by atoms with E-state index in [1.54, 1.807) is 24.5 Å². The van der Waals surface area contributed by atoms with Gasteiger partial charge < -0.3 is 44.0 Å². The molecule has 8 rings (SSSR count). The number of pyridine rings is 2. The van der Waals surface area contributed by atoms with E-state index in [1.807, 2.05) is 42.5 Å². The standard InChI is InChI=1S/C63H70Cl2N6O9/c1-42-49(40-79-61-26-59(77-38-46-22-44(28-66)30-68-32-46)51(24-57(61)64)34-70-35-53-13-8-20-75-53)11-6-15-55(42)56-16-7-12-50(43(56)2)41-80-62-27-60(78-39-47-23-45(29-67)31-69-33-47)52(25-58(62)65)36-71(37-54-14-9-21-76-54)18-5-3-4-10-48(17-19-72)63(73)74/h6-7,11-12,15-16,22-27,30-33,48,53-54,70,72H,3-5,8-10,13-14,17-21,34-41H2,1-2H3,(H,73,74). The van der Waals surface area contributed by atoms with Crippen LogP contribution in [-0.4, -0.2) is 82.7 Å². The first kappa shape index (κ1) is 59.3. The number of nitrogens with one attached hydrogen (secondary N) is 1. The van der Waals surface area contributed by atoms with Crippen molar-refractivity contribution < 1.29 is 43.4 Å². The lowest BCUT2D eigenvalue weighted by atomic mass is 9.92. The number of aliphatic carboxylic acids is 1. The van der Waals surface area contributed by atoms with Gasteiger partial charge in [-0.15, -0.1) is 0 Å². The van der Waals surface area contributed by atoms with Crippen LogP contribution in [0.1, 0.15) is 113 Å². The van der Waals surface area contributed by atoms with Crippen molar-refractivity contribution >= 4 is 29.2 Å². The van der Waals surface area contributed by atoms with E-state index in [1.165, 1.54) is 12.4 Å². The second-order valence-electron chi connectivity index (χ2n) is 20.5. The molecular weight excluding hydrogens is 1060 g/mol. The van der Waals surface area contributed by atoms with Crippen LogP contribution in [0.25, 0.3) is 11.1 Å². The molecule has 2 aromatic heterocycles. The third-order valence-corrected chi connectivity index (χ3v) is 15.4. The van der Waals surface area contributed by atoms with Gasteiger partial charge in [-0.1, -0.05) is 72.4 Å². The van der Waals surface area contributed by atoms with Gasteiger partial charge in [0.25, 0.3) is 0 Å². The number of benzene rings is 4. The number of aliphatic hydroxyl groups excluding tert-OH is 1. The third kappa shape index (κ3) is 16.9. The van der Waals surface area contributed by atoms with Crippen LogP contribution in [0.4, 0.5) is 0 Å². The van der Waals surface area contributed by atoms with Crippen molar-refractivity contribution in [2.24, 2.45) is 5.92 Å². The number of aliphatic hydroxyl groups is 1. The fourth-order valence-electron chi connectivity index (χ4n) is 10.2. The zero-order chi connectivity index (χ0) is 56.2. The number of unbranched alkanes of at least 4 members (excludes halogenated alkanes) is 2. The van der Waals surface area contributed by atoms with Crippen LogP contribution >= 0.6 is 23.2 Å². The lowest BCUT2D eigenvalue weighted by Crippen LogP contribution is -2.33. The van der Waals surface area contributed by atoms with Gasteiger partial charge in [0.15, 0.2) is 0 Å². The Morgan fingerprint density at radius 3 is 1.79 bits per heavy atom.